The number of anilines is 1. The van der Waals surface area contributed by atoms with Gasteiger partial charge in [-0.1, -0.05) is 12.1 Å². The molecule has 3 nitrogen and oxygen atoms in total. The fraction of sp³-hybridized carbons (Fsp3) is 0.417. The van der Waals surface area contributed by atoms with Crippen molar-refractivity contribution >= 4 is 27.4 Å². The normalized spacial score (nSPS) is 11.2. The first-order valence-corrected chi connectivity index (χ1v) is 6.24. The summed E-state index contributed by atoms with van der Waals surface area (Å²) in [5.41, 5.74) is 1.06. The molecule has 0 aliphatic carbocycles. The van der Waals surface area contributed by atoms with Crippen molar-refractivity contribution in [1.29, 1.82) is 0 Å². The van der Waals surface area contributed by atoms with E-state index in [2.05, 4.69) is 15.8 Å². The van der Waals surface area contributed by atoms with E-state index in [0.29, 0.717) is 6.10 Å². The highest BCUT2D eigenvalue weighted by molar-refractivity contribution is 7.11. The minimum atomic E-state index is 0.292. The summed E-state index contributed by atoms with van der Waals surface area (Å²) >= 11 is 1.50. The second-order valence-corrected chi connectivity index (χ2v) is 4.65. The van der Waals surface area contributed by atoms with E-state index in [4.69, 9.17) is 4.74 Å². The lowest BCUT2D eigenvalue weighted by molar-refractivity contribution is 0.0871. The summed E-state index contributed by atoms with van der Waals surface area (Å²) < 4.78 is 9.84. The Morgan fingerprint density at radius 3 is 3.00 bits per heavy atom. The fourth-order valence-corrected chi connectivity index (χ4v) is 2.26. The highest BCUT2D eigenvalue weighted by Crippen LogP contribution is 2.26. The summed E-state index contributed by atoms with van der Waals surface area (Å²) in [5, 5.41) is 5.67. The van der Waals surface area contributed by atoms with Gasteiger partial charge in [-0.3, -0.25) is 0 Å². The summed E-state index contributed by atoms with van der Waals surface area (Å²) in [7, 11) is 0. The maximum atomic E-state index is 5.47. The molecule has 86 valence electrons. The molecule has 2 aromatic rings. The molecule has 0 saturated carbocycles. The topological polar surface area (TPSA) is 34.1 Å². The van der Waals surface area contributed by atoms with Gasteiger partial charge in [0.25, 0.3) is 0 Å². The van der Waals surface area contributed by atoms with E-state index in [1.165, 1.54) is 16.9 Å². The first kappa shape index (κ1) is 11.4. The fourth-order valence-electron chi connectivity index (χ4n) is 1.48. The molecule has 4 heteroatoms. The third-order valence-electron chi connectivity index (χ3n) is 2.22. The van der Waals surface area contributed by atoms with E-state index < -0.39 is 0 Å². The molecule has 0 unspecified atom stereocenters. The van der Waals surface area contributed by atoms with Crippen LogP contribution < -0.4 is 5.32 Å². The molecular formula is C12H16N2OS. The quantitative estimate of drug-likeness (QED) is 0.810. The molecule has 0 aliphatic heterocycles. The summed E-state index contributed by atoms with van der Waals surface area (Å²) in [6.07, 6.45) is 0.292. The number of fused-ring (bicyclic) bond motifs is 1. The van der Waals surface area contributed by atoms with Gasteiger partial charge < -0.3 is 10.1 Å². The first-order chi connectivity index (χ1) is 7.77. The zero-order valence-corrected chi connectivity index (χ0v) is 10.4. The van der Waals surface area contributed by atoms with Crippen molar-refractivity contribution in [3.8, 4) is 0 Å². The maximum Gasteiger partial charge on any atom is 0.117 e. The van der Waals surface area contributed by atoms with Crippen LogP contribution in [0, 0.1) is 0 Å². The van der Waals surface area contributed by atoms with Gasteiger partial charge in [-0.2, -0.15) is 4.37 Å². The molecule has 0 bridgehead atoms. The van der Waals surface area contributed by atoms with E-state index in [0.717, 1.165) is 23.7 Å². The minimum Gasteiger partial charge on any atom is -0.377 e. The summed E-state index contributed by atoms with van der Waals surface area (Å²) in [6, 6.07) is 8.16. The van der Waals surface area contributed by atoms with E-state index >= 15 is 0 Å². The molecular weight excluding hydrogens is 220 g/mol. The third-order valence-corrected chi connectivity index (χ3v) is 3.06. The molecule has 0 fully saturated rings. The minimum absolute atomic E-state index is 0.292. The van der Waals surface area contributed by atoms with E-state index in [-0.39, 0.29) is 0 Å². The lowest BCUT2D eigenvalue weighted by atomic mass is 10.2. The van der Waals surface area contributed by atoms with Crippen LogP contribution in [0.2, 0.25) is 0 Å². The van der Waals surface area contributed by atoms with Gasteiger partial charge in [0.05, 0.1) is 18.2 Å². The number of ether oxygens (including phenoxy) is 1. The maximum absolute atomic E-state index is 5.47. The Morgan fingerprint density at radius 1 is 1.38 bits per heavy atom. The average Bonchev–Trinajstić information content (AvgIpc) is 2.68. The molecule has 1 heterocycles. The van der Waals surface area contributed by atoms with E-state index in [9.17, 15) is 0 Å². The summed E-state index contributed by atoms with van der Waals surface area (Å²) in [5.74, 6) is 0. The molecule has 0 atom stereocenters. The van der Waals surface area contributed by atoms with Crippen LogP contribution in [-0.2, 0) is 4.74 Å². The van der Waals surface area contributed by atoms with Crippen molar-refractivity contribution < 1.29 is 4.74 Å². The molecule has 1 N–H and O–H groups in total. The summed E-state index contributed by atoms with van der Waals surface area (Å²) in [4.78, 5) is 0. The Hall–Kier alpha value is -1.13. The number of rotatable bonds is 5. The van der Waals surface area contributed by atoms with Crippen molar-refractivity contribution in [2.75, 3.05) is 18.5 Å². The monoisotopic (exact) mass is 236 g/mol. The van der Waals surface area contributed by atoms with Gasteiger partial charge in [0.1, 0.15) is 5.00 Å². The Labute approximate surface area is 99.6 Å². The largest absolute Gasteiger partial charge is 0.377 e. The van der Waals surface area contributed by atoms with Crippen LogP contribution in [0.1, 0.15) is 13.8 Å². The SMILES string of the molecule is CC(C)OCCNc1snc2ccccc12. The molecule has 0 spiro atoms. The Kier molecular flexibility index (Phi) is 3.74. The van der Waals surface area contributed by atoms with Gasteiger partial charge in [-0.15, -0.1) is 0 Å². The summed E-state index contributed by atoms with van der Waals surface area (Å²) in [6.45, 7) is 5.64. The lowest BCUT2D eigenvalue weighted by Gasteiger charge is -2.08. The molecule has 16 heavy (non-hydrogen) atoms. The lowest BCUT2D eigenvalue weighted by Crippen LogP contribution is -2.12. The molecule has 0 radical (unpaired) electrons. The predicted molar refractivity (Wildman–Crippen MR) is 69.2 cm³/mol. The van der Waals surface area contributed by atoms with Crippen LogP contribution in [-0.4, -0.2) is 23.6 Å². The number of hydrogen-bond donors (Lipinski definition) is 1. The van der Waals surface area contributed by atoms with Crippen LogP contribution in [0.25, 0.3) is 10.9 Å². The number of aromatic nitrogens is 1. The van der Waals surface area contributed by atoms with Gasteiger partial charge in [-0.25, -0.2) is 0 Å². The zero-order chi connectivity index (χ0) is 11.4. The second kappa shape index (κ2) is 5.27. The van der Waals surface area contributed by atoms with Gasteiger partial charge >= 0.3 is 0 Å². The average molecular weight is 236 g/mol. The smallest absolute Gasteiger partial charge is 0.117 e. The van der Waals surface area contributed by atoms with Crippen LogP contribution in [0.15, 0.2) is 24.3 Å². The first-order valence-electron chi connectivity index (χ1n) is 5.47. The molecule has 0 amide bonds. The van der Waals surface area contributed by atoms with Crippen molar-refractivity contribution in [3.05, 3.63) is 24.3 Å². The van der Waals surface area contributed by atoms with Crippen molar-refractivity contribution in [1.82, 2.24) is 4.37 Å². The van der Waals surface area contributed by atoms with Crippen LogP contribution in [0.5, 0.6) is 0 Å². The molecule has 0 aliphatic rings. The zero-order valence-electron chi connectivity index (χ0n) is 9.56. The van der Waals surface area contributed by atoms with Gasteiger partial charge in [-0.05, 0) is 37.5 Å². The van der Waals surface area contributed by atoms with E-state index in [1.807, 2.05) is 32.0 Å². The van der Waals surface area contributed by atoms with Gasteiger partial charge in [0.2, 0.25) is 0 Å². The van der Waals surface area contributed by atoms with E-state index in [1.54, 1.807) is 0 Å². The predicted octanol–water partition coefficient (Wildman–Crippen LogP) is 3.13. The number of nitrogens with zero attached hydrogens (tertiary/aromatic N) is 1. The highest BCUT2D eigenvalue weighted by Gasteiger charge is 2.03. The molecule has 2 rings (SSSR count). The second-order valence-electron chi connectivity index (χ2n) is 3.88. The standard InChI is InChI=1S/C12H16N2OS/c1-9(2)15-8-7-13-12-10-5-3-4-6-11(10)14-16-12/h3-6,9,13H,7-8H2,1-2H3. The van der Waals surface area contributed by atoms with Crippen LogP contribution in [0.3, 0.4) is 0 Å². The molecule has 1 aromatic carbocycles. The Bertz CT molecular complexity index is 453. The van der Waals surface area contributed by atoms with Crippen LogP contribution >= 0.6 is 11.5 Å². The molecule has 1 aromatic heterocycles. The number of hydrogen-bond acceptors (Lipinski definition) is 4. The van der Waals surface area contributed by atoms with Crippen molar-refractivity contribution in [2.45, 2.75) is 20.0 Å². The Balaban J connectivity index is 1.94. The van der Waals surface area contributed by atoms with Crippen molar-refractivity contribution in [2.24, 2.45) is 0 Å². The van der Waals surface area contributed by atoms with Gasteiger partial charge in [0.15, 0.2) is 0 Å². The highest BCUT2D eigenvalue weighted by atomic mass is 32.1. The van der Waals surface area contributed by atoms with Gasteiger partial charge in [0, 0.05) is 11.9 Å². The third kappa shape index (κ3) is 2.71. The van der Waals surface area contributed by atoms with Crippen LogP contribution in [0.4, 0.5) is 5.00 Å². The molecule has 0 saturated heterocycles. The number of nitrogens with one attached hydrogen (secondary N) is 1. The van der Waals surface area contributed by atoms with Crippen molar-refractivity contribution in [3.63, 3.8) is 0 Å². The Morgan fingerprint density at radius 2 is 2.19 bits per heavy atom. The number of benzene rings is 1.